The molecule has 1 aromatic heterocycles. The van der Waals surface area contributed by atoms with E-state index >= 15 is 0 Å². The van der Waals surface area contributed by atoms with Gasteiger partial charge in [0.15, 0.2) is 10.9 Å². The van der Waals surface area contributed by atoms with Crippen LogP contribution in [0.2, 0.25) is 0 Å². The van der Waals surface area contributed by atoms with Gasteiger partial charge in [-0.15, -0.1) is 0 Å². The number of aromatic nitrogens is 2. The molecule has 0 aliphatic rings. The first kappa shape index (κ1) is 23.9. The van der Waals surface area contributed by atoms with Gasteiger partial charge >= 0.3 is 0 Å². The van der Waals surface area contributed by atoms with Crippen LogP contribution in [0.4, 0.5) is 11.4 Å². The van der Waals surface area contributed by atoms with Crippen LogP contribution in [0, 0.1) is 6.92 Å². The highest BCUT2D eigenvalue weighted by Gasteiger charge is 2.16. The number of hydrogen-bond acceptors (Lipinski definition) is 4. The van der Waals surface area contributed by atoms with Gasteiger partial charge in [-0.25, -0.2) is 4.98 Å². The van der Waals surface area contributed by atoms with Gasteiger partial charge in [-0.05, 0) is 73.2 Å². The summed E-state index contributed by atoms with van der Waals surface area (Å²) in [5, 5.41) is 7.10. The number of thiocarbonyl (C=S) groups is 1. The molecule has 0 fully saturated rings. The number of anilines is 2. The standard InChI is InChI=1S/C29H23N5O2S/c1-19-8-7-11-23(18-19)31-29(37)30-22-16-14-21(15-17-22)27(35)33-34-26(20-9-3-2-4-10-20)32-25-13-6-5-12-24(25)28(34)36/h2-18H,1H3,(H,33,35)(H2,30,31,37). The fourth-order valence-corrected chi connectivity index (χ4v) is 4.14. The number of aryl methyl sites for hydroxylation is 1. The van der Waals surface area contributed by atoms with Crippen molar-refractivity contribution >= 4 is 45.5 Å². The summed E-state index contributed by atoms with van der Waals surface area (Å²) in [6.07, 6.45) is 0. The van der Waals surface area contributed by atoms with E-state index in [2.05, 4.69) is 21.0 Å². The lowest BCUT2D eigenvalue weighted by Crippen LogP contribution is -2.35. The fourth-order valence-electron chi connectivity index (χ4n) is 3.90. The Morgan fingerprint density at radius 1 is 0.811 bits per heavy atom. The van der Waals surface area contributed by atoms with Crippen molar-refractivity contribution in [3.8, 4) is 11.4 Å². The number of amides is 1. The quantitative estimate of drug-likeness (QED) is 0.271. The van der Waals surface area contributed by atoms with Gasteiger partial charge < -0.3 is 10.6 Å². The van der Waals surface area contributed by atoms with Crippen molar-refractivity contribution in [3.05, 3.63) is 125 Å². The van der Waals surface area contributed by atoms with E-state index in [9.17, 15) is 9.59 Å². The number of nitrogens with zero attached hydrogens (tertiary/aromatic N) is 2. The van der Waals surface area contributed by atoms with Crippen molar-refractivity contribution in [2.24, 2.45) is 0 Å². The van der Waals surface area contributed by atoms with Crippen molar-refractivity contribution in [3.63, 3.8) is 0 Å². The Kier molecular flexibility index (Phi) is 6.74. The van der Waals surface area contributed by atoms with Gasteiger partial charge in [0.25, 0.3) is 11.5 Å². The Labute approximate surface area is 218 Å². The molecule has 0 radical (unpaired) electrons. The molecular formula is C29H23N5O2S. The summed E-state index contributed by atoms with van der Waals surface area (Å²) in [7, 11) is 0. The number of carbonyl (C=O) groups excluding carboxylic acids is 1. The van der Waals surface area contributed by atoms with Crippen LogP contribution in [0.3, 0.4) is 0 Å². The second-order valence-electron chi connectivity index (χ2n) is 8.43. The average molecular weight is 506 g/mol. The number of nitrogens with one attached hydrogen (secondary N) is 3. The molecule has 0 saturated heterocycles. The first-order chi connectivity index (χ1) is 18.0. The Morgan fingerprint density at radius 2 is 1.51 bits per heavy atom. The predicted octanol–water partition coefficient (Wildman–Crippen LogP) is 5.56. The van der Waals surface area contributed by atoms with Gasteiger partial charge in [-0.2, -0.15) is 4.68 Å². The first-order valence-corrected chi connectivity index (χ1v) is 12.0. The molecule has 0 atom stereocenters. The minimum atomic E-state index is -0.441. The maximum Gasteiger partial charge on any atom is 0.280 e. The van der Waals surface area contributed by atoms with E-state index in [0.717, 1.165) is 16.9 Å². The molecule has 37 heavy (non-hydrogen) atoms. The second-order valence-corrected chi connectivity index (χ2v) is 8.83. The highest BCUT2D eigenvalue weighted by molar-refractivity contribution is 7.80. The molecule has 3 N–H and O–H groups in total. The van der Waals surface area contributed by atoms with Crippen molar-refractivity contribution in [2.45, 2.75) is 6.92 Å². The van der Waals surface area contributed by atoms with E-state index in [1.54, 1.807) is 42.5 Å². The maximum absolute atomic E-state index is 13.3. The van der Waals surface area contributed by atoms with Gasteiger partial charge in [0.2, 0.25) is 0 Å². The predicted molar refractivity (Wildman–Crippen MR) is 153 cm³/mol. The summed E-state index contributed by atoms with van der Waals surface area (Å²) in [4.78, 5) is 31.1. The lowest BCUT2D eigenvalue weighted by atomic mass is 10.2. The Morgan fingerprint density at radius 3 is 2.27 bits per heavy atom. The number of fused-ring (bicyclic) bond motifs is 1. The number of benzene rings is 4. The summed E-state index contributed by atoms with van der Waals surface area (Å²) < 4.78 is 1.20. The first-order valence-electron chi connectivity index (χ1n) is 11.6. The highest BCUT2D eigenvalue weighted by Crippen LogP contribution is 2.18. The lowest BCUT2D eigenvalue weighted by molar-refractivity contribution is 0.101. The zero-order valence-electron chi connectivity index (χ0n) is 19.9. The summed E-state index contributed by atoms with van der Waals surface area (Å²) in [5.74, 6) is -0.0908. The zero-order chi connectivity index (χ0) is 25.8. The van der Waals surface area contributed by atoms with E-state index in [-0.39, 0.29) is 5.56 Å². The molecule has 0 aliphatic heterocycles. The van der Waals surface area contributed by atoms with Gasteiger partial charge in [0.1, 0.15) is 0 Å². The molecule has 5 aromatic rings. The minimum Gasteiger partial charge on any atom is -0.332 e. The molecule has 0 unspecified atom stereocenters. The number of para-hydroxylation sites is 1. The van der Waals surface area contributed by atoms with Crippen LogP contribution in [0.15, 0.2) is 108 Å². The van der Waals surface area contributed by atoms with Gasteiger partial charge in [0, 0.05) is 22.5 Å². The fraction of sp³-hybridized carbons (Fsp3) is 0.0345. The molecule has 182 valence electrons. The van der Waals surface area contributed by atoms with Crippen LogP contribution >= 0.6 is 12.2 Å². The van der Waals surface area contributed by atoms with Crippen LogP contribution < -0.4 is 21.6 Å². The van der Waals surface area contributed by atoms with Crippen LogP contribution in [-0.4, -0.2) is 20.7 Å². The van der Waals surface area contributed by atoms with Crippen LogP contribution in [0.1, 0.15) is 15.9 Å². The maximum atomic E-state index is 13.3. The molecule has 1 heterocycles. The van der Waals surface area contributed by atoms with Crippen molar-refractivity contribution in [1.29, 1.82) is 0 Å². The van der Waals surface area contributed by atoms with Crippen molar-refractivity contribution in [1.82, 2.24) is 9.66 Å². The smallest absolute Gasteiger partial charge is 0.280 e. The Balaban J connectivity index is 1.37. The molecule has 0 bridgehead atoms. The third-order valence-electron chi connectivity index (χ3n) is 5.70. The molecule has 5 rings (SSSR count). The molecule has 0 saturated carbocycles. The molecule has 4 aromatic carbocycles. The molecule has 0 aliphatic carbocycles. The summed E-state index contributed by atoms with van der Waals surface area (Å²) >= 11 is 5.40. The summed E-state index contributed by atoms with van der Waals surface area (Å²) in [6.45, 7) is 2.01. The molecule has 1 amide bonds. The van der Waals surface area contributed by atoms with Crippen LogP contribution in [-0.2, 0) is 0 Å². The Hall–Kier alpha value is -4.82. The summed E-state index contributed by atoms with van der Waals surface area (Å²) in [5.41, 5.74) is 6.74. The van der Waals surface area contributed by atoms with E-state index in [1.165, 1.54) is 4.68 Å². The topological polar surface area (TPSA) is 88.0 Å². The van der Waals surface area contributed by atoms with Crippen LogP contribution in [0.25, 0.3) is 22.3 Å². The summed E-state index contributed by atoms with van der Waals surface area (Å²) in [6, 6.07) is 31.0. The van der Waals surface area contributed by atoms with Crippen molar-refractivity contribution in [2.75, 3.05) is 16.1 Å². The van der Waals surface area contributed by atoms with Crippen molar-refractivity contribution < 1.29 is 4.79 Å². The monoisotopic (exact) mass is 505 g/mol. The SMILES string of the molecule is Cc1cccc(NC(=S)Nc2ccc(C(=O)Nn3c(-c4ccccc4)nc4ccccc4c3=O)cc2)c1. The van der Waals surface area contributed by atoms with Gasteiger partial charge in [-0.3, -0.25) is 15.0 Å². The molecule has 8 heteroatoms. The van der Waals surface area contributed by atoms with E-state index < -0.39 is 5.91 Å². The molecule has 0 spiro atoms. The highest BCUT2D eigenvalue weighted by atomic mass is 32.1. The molecule has 7 nitrogen and oxygen atoms in total. The lowest BCUT2D eigenvalue weighted by Gasteiger charge is -2.15. The van der Waals surface area contributed by atoms with E-state index in [0.29, 0.717) is 33.0 Å². The van der Waals surface area contributed by atoms with E-state index in [4.69, 9.17) is 12.2 Å². The average Bonchev–Trinajstić information content (AvgIpc) is 2.91. The normalized spacial score (nSPS) is 10.6. The van der Waals surface area contributed by atoms with Gasteiger partial charge in [-0.1, -0.05) is 54.6 Å². The number of hydrogen-bond donors (Lipinski definition) is 3. The zero-order valence-corrected chi connectivity index (χ0v) is 20.8. The minimum absolute atomic E-state index is 0.350. The second kappa shape index (κ2) is 10.4. The largest absolute Gasteiger partial charge is 0.332 e. The van der Waals surface area contributed by atoms with Crippen LogP contribution in [0.5, 0.6) is 0 Å². The third-order valence-corrected chi connectivity index (χ3v) is 5.91. The van der Waals surface area contributed by atoms with E-state index in [1.807, 2.05) is 67.6 Å². The Bertz CT molecular complexity index is 1660. The molecular weight excluding hydrogens is 482 g/mol. The van der Waals surface area contributed by atoms with Gasteiger partial charge in [0.05, 0.1) is 10.9 Å². The number of carbonyl (C=O) groups is 1. The number of rotatable bonds is 5. The third kappa shape index (κ3) is 5.39.